The number of benzene rings is 3. The Balaban J connectivity index is 1.39. The maximum atomic E-state index is 13.3. The van der Waals surface area contributed by atoms with Crippen molar-refractivity contribution >= 4 is 23.8 Å². The molecule has 0 aliphatic carbocycles. The van der Waals surface area contributed by atoms with Crippen LogP contribution in [-0.4, -0.2) is 54.5 Å². The van der Waals surface area contributed by atoms with Crippen molar-refractivity contribution in [3.63, 3.8) is 0 Å². The molecule has 2 N–H and O–H groups in total. The Morgan fingerprint density at radius 2 is 1.82 bits per heavy atom. The normalized spacial score (nSPS) is 19.8. The fraction of sp³-hybridized carbons (Fsp3) is 0.258. The molecule has 1 saturated heterocycles. The summed E-state index contributed by atoms with van der Waals surface area (Å²) in [5.74, 6) is 0.430. The molecular formula is C31H31N3O5. The molecule has 1 fully saturated rings. The molecule has 4 bridgehead atoms. The van der Waals surface area contributed by atoms with E-state index in [-0.39, 0.29) is 30.4 Å². The molecule has 3 aromatic carbocycles. The minimum absolute atomic E-state index is 0.123. The minimum Gasteiger partial charge on any atom is -0.488 e. The molecule has 2 atom stereocenters. The van der Waals surface area contributed by atoms with Crippen LogP contribution in [-0.2, 0) is 16.1 Å². The first-order valence-corrected chi connectivity index (χ1v) is 13.0. The molecule has 0 saturated carbocycles. The van der Waals surface area contributed by atoms with Crippen molar-refractivity contribution < 1.29 is 23.9 Å². The minimum atomic E-state index is -0.440. The number of piperidine rings is 1. The molecule has 3 aliphatic heterocycles. The quantitative estimate of drug-likeness (QED) is 0.500. The molecule has 39 heavy (non-hydrogen) atoms. The third kappa shape index (κ3) is 6.65. The van der Waals surface area contributed by atoms with E-state index in [1.807, 2.05) is 61.5 Å². The number of carbonyl (C=O) groups excluding carboxylic acids is 3. The van der Waals surface area contributed by atoms with Gasteiger partial charge in [0.1, 0.15) is 17.6 Å². The fourth-order valence-corrected chi connectivity index (χ4v) is 4.65. The number of aryl methyl sites for hydroxylation is 1. The Kier molecular flexibility index (Phi) is 7.91. The van der Waals surface area contributed by atoms with E-state index in [4.69, 9.17) is 9.47 Å². The number of carbonyl (C=O) groups is 3. The van der Waals surface area contributed by atoms with Gasteiger partial charge in [0.25, 0.3) is 11.8 Å². The first-order valence-electron chi connectivity index (χ1n) is 13.0. The molecule has 3 aliphatic rings. The van der Waals surface area contributed by atoms with Crippen LogP contribution in [0.4, 0.5) is 0 Å². The van der Waals surface area contributed by atoms with Gasteiger partial charge in [-0.05, 0) is 54.0 Å². The van der Waals surface area contributed by atoms with Gasteiger partial charge in [0.15, 0.2) is 6.61 Å². The van der Waals surface area contributed by atoms with Crippen molar-refractivity contribution in [1.29, 1.82) is 0 Å². The lowest BCUT2D eigenvalue weighted by Gasteiger charge is -2.38. The van der Waals surface area contributed by atoms with Crippen LogP contribution in [0.25, 0.3) is 6.08 Å². The van der Waals surface area contributed by atoms with E-state index < -0.39 is 6.04 Å². The SMILES string of the molecule is Cc1ccc2cc1OCC(=O)NCc1ccc(cc1)O[C@H]1CCN(C(=O)/C=C/c3ccccc3)C[C@@H]1NC2=O. The highest BCUT2D eigenvalue weighted by Crippen LogP contribution is 2.23. The van der Waals surface area contributed by atoms with E-state index in [1.54, 1.807) is 35.3 Å². The first-order chi connectivity index (χ1) is 18.9. The summed E-state index contributed by atoms with van der Waals surface area (Å²) in [5.41, 5.74) is 3.08. The van der Waals surface area contributed by atoms with Crippen molar-refractivity contribution in [2.75, 3.05) is 19.7 Å². The van der Waals surface area contributed by atoms with Crippen LogP contribution in [0.3, 0.4) is 0 Å². The van der Waals surface area contributed by atoms with Gasteiger partial charge in [0.2, 0.25) is 5.91 Å². The van der Waals surface area contributed by atoms with Gasteiger partial charge in [-0.25, -0.2) is 0 Å². The van der Waals surface area contributed by atoms with E-state index in [9.17, 15) is 14.4 Å². The molecule has 0 radical (unpaired) electrons. The van der Waals surface area contributed by atoms with Gasteiger partial charge in [-0.15, -0.1) is 0 Å². The molecular weight excluding hydrogens is 494 g/mol. The van der Waals surface area contributed by atoms with Gasteiger partial charge >= 0.3 is 0 Å². The average molecular weight is 526 g/mol. The van der Waals surface area contributed by atoms with E-state index in [2.05, 4.69) is 10.6 Å². The molecule has 3 heterocycles. The smallest absolute Gasteiger partial charge is 0.258 e. The van der Waals surface area contributed by atoms with Gasteiger partial charge in [0, 0.05) is 37.7 Å². The molecule has 8 nitrogen and oxygen atoms in total. The first kappa shape index (κ1) is 26.0. The highest BCUT2D eigenvalue weighted by Gasteiger charge is 2.34. The van der Waals surface area contributed by atoms with Crippen LogP contribution in [0.2, 0.25) is 0 Å². The predicted octanol–water partition coefficient (Wildman–Crippen LogP) is 3.50. The van der Waals surface area contributed by atoms with Gasteiger partial charge in [-0.1, -0.05) is 48.5 Å². The predicted molar refractivity (Wildman–Crippen MR) is 147 cm³/mol. The molecule has 3 aromatic rings. The van der Waals surface area contributed by atoms with E-state index in [0.717, 1.165) is 16.7 Å². The van der Waals surface area contributed by atoms with E-state index in [0.29, 0.717) is 43.1 Å². The standard InChI is InChI=1S/C31H31N3O5/c1-21-7-11-24-17-28(21)38-20-29(35)32-18-23-8-12-25(13-9-23)39-27-15-16-34(19-26(27)33-31(24)37)30(36)14-10-22-5-3-2-4-6-22/h2-14,17,26-27H,15-16,18-20H2,1H3,(H,32,35)(H,33,37)/b14-10+/t26-,27-/m0/s1. The monoisotopic (exact) mass is 525 g/mol. The molecule has 0 spiro atoms. The second-order valence-corrected chi connectivity index (χ2v) is 9.74. The molecule has 0 unspecified atom stereocenters. The number of nitrogens with one attached hydrogen (secondary N) is 2. The number of amides is 3. The summed E-state index contributed by atoms with van der Waals surface area (Å²) in [5, 5.41) is 5.93. The Morgan fingerprint density at radius 3 is 2.62 bits per heavy atom. The van der Waals surface area contributed by atoms with Crippen molar-refractivity contribution in [3.8, 4) is 11.5 Å². The van der Waals surface area contributed by atoms with Crippen LogP contribution in [0.1, 0.15) is 33.5 Å². The van der Waals surface area contributed by atoms with Crippen LogP contribution >= 0.6 is 0 Å². The molecule has 8 heteroatoms. The van der Waals surface area contributed by atoms with Crippen molar-refractivity contribution in [2.45, 2.75) is 32.0 Å². The topological polar surface area (TPSA) is 97.0 Å². The summed E-state index contributed by atoms with van der Waals surface area (Å²) >= 11 is 0. The highest BCUT2D eigenvalue weighted by atomic mass is 16.5. The number of rotatable bonds is 2. The molecule has 3 amide bonds. The number of fused-ring (bicyclic) bond motifs is 7. The number of likely N-dealkylation sites (tertiary alicyclic amines) is 1. The summed E-state index contributed by atoms with van der Waals surface area (Å²) in [6.07, 6.45) is 3.57. The third-order valence-electron chi connectivity index (χ3n) is 6.91. The second-order valence-electron chi connectivity index (χ2n) is 9.74. The van der Waals surface area contributed by atoms with Crippen molar-refractivity contribution in [1.82, 2.24) is 15.5 Å². The summed E-state index contributed by atoms with van der Waals surface area (Å²) in [7, 11) is 0. The fourth-order valence-electron chi connectivity index (χ4n) is 4.65. The average Bonchev–Trinajstić information content (AvgIpc) is 2.96. The number of hydrogen-bond acceptors (Lipinski definition) is 5. The van der Waals surface area contributed by atoms with Crippen LogP contribution in [0.15, 0.2) is 78.9 Å². The highest BCUT2D eigenvalue weighted by molar-refractivity contribution is 5.95. The van der Waals surface area contributed by atoms with E-state index >= 15 is 0 Å². The van der Waals surface area contributed by atoms with Gasteiger partial charge in [0.05, 0.1) is 6.04 Å². The van der Waals surface area contributed by atoms with Gasteiger partial charge < -0.3 is 25.0 Å². The summed E-state index contributed by atoms with van der Waals surface area (Å²) < 4.78 is 12.0. The molecule has 6 rings (SSSR count). The van der Waals surface area contributed by atoms with Crippen LogP contribution in [0, 0.1) is 6.92 Å². The van der Waals surface area contributed by atoms with E-state index in [1.165, 1.54) is 0 Å². The Hall–Kier alpha value is -4.59. The lowest BCUT2D eigenvalue weighted by molar-refractivity contribution is -0.128. The zero-order valence-corrected chi connectivity index (χ0v) is 21.8. The second kappa shape index (κ2) is 11.9. The Labute approximate surface area is 227 Å². The lowest BCUT2D eigenvalue weighted by atomic mass is 10.0. The summed E-state index contributed by atoms with van der Waals surface area (Å²) in [6.45, 7) is 2.87. The van der Waals surface area contributed by atoms with Gasteiger partial charge in [-0.3, -0.25) is 14.4 Å². The summed E-state index contributed by atoms with van der Waals surface area (Å²) in [6, 6.07) is 21.8. The lowest BCUT2D eigenvalue weighted by Crippen LogP contribution is -2.57. The number of ether oxygens (including phenoxy) is 2. The number of nitrogens with zero attached hydrogens (tertiary/aromatic N) is 1. The molecule has 200 valence electrons. The maximum absolute atomic E-state index is 13.3. The maximum Gasteiger partial charge on any atom is 0.258 e. The van der Waals surface area contributed by atoms with Crippen LogP contribution in [0.5, 0.6) is 11.5 Å². The zero-order valence-electron chi connectivity index (χ0n) is 21.8. The molecule has 0 aromatic heterocycles. The Bertz CT molecular complexity index is 1370. The largest absolute Gasteiger partial charge is 0.488 e. The zero-order chi connectivity index (χ0) is 27.2. The van der Waals surface area contributed by atoms with Gasteiger partial charge in [-0.2, -0.15) is 0 Å². The third-order valence-corrected chi connectivity index (χ3v) is 6.91. The van der Waals surface area contributed by atoms with Crippen molar-refractivity contribution in [2.24, 2.45) is 0 Å². The summed E-state index contributed by atoms with van der Waals surface area (Å²) in [4.78, 5) is 40.4. The van der Waals surface area contributed by atoms with Crippen LogP contribution < -0.4 is 20.1 Å². The number of hydrogen-bond donors (Lipinski definition) is 2. The Morgan fingerprint density at radius 1 is 1.03 bits per heavy atom. The van der Waals surface area contributed by atoms with Crippen molar-refractivity contribution in [3.05, 3.63) is 101 Å².